The summed E-state index contributed by atoms with van der Waals surface area (Å²) < 4.78 is 67.8. The standard InChI is InChI=1S/C61H118O17P2/c1-9-54(8)40-32-24-18-20-28-36-44-61(66)78-57(47-71-58(63)41-33-25-15-11-10-13-21-29-37-51(2)3)50-76-80(69,70)74-46-55(62)45-73-79(67,68)75-49-56(48-72-59(64)42-34-26-19-17-23-31-39-53(6)7)77-60(65)43-35-27-16-12-14-22-30-38-52(4)5/h51-57,62H,9-50H2,1-8H3,(H,67,68)(H,69,70)/t54?,55-,56+,57+/m0/s1. The molecule has 3 N–H and O–H groups in total. The molecule has 0 heterocycles. The van der Waals surface area contributed by atoms with Crippen molar-refractivity contribution < 1.29 is 80.2 Å². The number of phosphoric ester groups is 2. The number of unbranched alkanes of at least 4 members (excludes halogenated alkanes) is 23. The number of aliphatic hydroxyl groups is 1. The number of phosphoric acid groups is 2. The molecule has 0 aliphatic rings. The van der Waals surface area contributed by atoms with E-state index in [4.69, 9.17) is 37.0 Å². The van der Waals surface area contributed by atoms with Crippen LogP contribution in [0.15, 0.2) is 0 Å². The number of rotatable bonds is 58. The lowest BCUT2D eigenvalue weighted by Crippen LogP contribution is -2.30. The first-order valence-electron chi connectivity index (χ1n) is 31.7. The van der Waals surface area contributed by atoms with Crippen molar-refractivity contribution in [2.75, 3.05) is 39.6 Å². The molecule has 0 aliphatic carbocycles. The Bertz CT molecular complexity index is 1610. The number of ether oxygens (including phenoxy) is 4. The SMILES string of the molecule is CCC(C)CCCCCCCCC(=O)O[C@H](COC(=O)CCCCCCCCCCC(C)C)COP(=O)(O)OC[C@@H](O)COP(=O)(O)OC[C@@H](COC(=O)CCCCCCCCC(C)C)OC(=O)CCCCCCCCCC(C)C. The van der Waals surface area contributed by atoms with Gasteiger partial charge < -0.3 is 33.8 Å². The van der Waals surface area contributed by atoms with Crippen molar-refractivity contribution in [3.05, 3.63) is 0 Å². The van der Waals surface area contributed by atoms with Crippen molar-refractivity contribution in [3.8, 4) is 0 Å². The van der Waals surface area contributed by atoms with E-state index < -0.39 is 97.5 Å². The molecular formula is C61H118O17P2. The van der Waals surface area contributed by atoms with E-state index in [0.29, 0.717) is 37.5 Å². The molecule has 0 bridgehead atoms. The average molecular weight is 1190 g/mol. The molecule has 6 atom stereocenters. The molecule has 0 aromatic carbocycles. The number of aliphatic hydroxyl groups excluding tert-OH is 1. The summed E-state index contributed by atoms with van der Waals surface area (Å²) in [5.41, 5.74) is 0. The van der Waals surface area contributed by atoms with Crippen LogP contribution in [0.25, 0.3) is 0 Å². The van der Waals surface area contributed by atoms with Crippen molar-refractivity contribution >= 4 is 39.5 Å². The topological polar surface area (TPSA) is 237 Å². The lowest BCUT2D eigenvalue weighted by Gasteiger charge is -2.21. The fourth-order valence-electron chi connectivity index (χ4n) is 8.87. The maximum Gasteiger partial charge on any atom is 0.472 e. The molecule has 0 radical (unpaired) electrons. The third kappa shape index (κ3) is 54.0. The highest BCUT2D eigenvalue weighted by Crippen LogP contribution is 2.45. The monoisotopic (exact) mass is 1180 g/mol. The minimum Gasteiger partial charge on any atom is -0.462 e. The Morgan fingerprint density at radius 2 is 0.600 bits per heavy atom. The maximum atomic E-state index is 12.9. The summed E-state index contributed by atoms with van der Waals surface area (Å²) in [6.45, 7) is 13.8. The highest BCUT2D eigenvalue weighted by molar-refractivity contribution is 7.47. The number of esters is 4. The first kappa shape index (κ1) is 78.1. The van der Waals surface area contributed by atoms with Crippen LogP contribution in [-0.4, -0.2) is 96.7 Å². The van der Waals surface area contributed by atoms with Gasteiger partial charge in [0.1, 0.15) is 19.3 Å². The smallest absolute Gasteiger partial charge is 0.462 e. The molecule has 0 aromatic rings. The fourth-order valence-corrected chi connectivity index (χ4v) is 10.4. The van der Waals surface area contributed by atoms with E-state index in [0.717, 1.165) is 108 Å². The zero-order valence-electron chi connectivity index (χ0n) is 51.7. The molecule has 0 fully saturated rings. The van der Waals surface area contributed by atoms with Crippen molar-refractivity contribution in [2.45, 2.75) is 305 Å². The van der Waals surface area contributed by atoms with Gasteiger partial charge in [0.05, 0.1) is 26.4 Å². The summed E-state index contributed by atoms with van der Waals surface area (Å²) in [5, 5.41) is 10.5. The number of carbonyl (C=O) groups is 4. The molecule has 17 nitrogen and oxygen atoms in total. The molecule has 0 aromatic heterocycles. The molecule has 80 heavy (non-hydrogen) atoms. The van der Waals surface area contributed by atoms with Crippen molar-refractivity contribution in [2.24, 2.45) is 23.7 Å². The highest BCUT2D eigenvalue weighted by Gasteiger charge is 2.30. The fraction of sp³-hybridized carbons (Fsp3) is 0.934. The van der Waals surface area contributed by atoms with Gasteiger partial charge >= 0.3 is 39.5 Å². The zero-order chi connectivity index (χ0) is 59.7. The van der Waals surface area contributed by atoms with Gasteiger partial charge in [-0.1, -0.05) is 235 Å². The molecule has 19 heteroatoms. The molecule has 474 valence electrons. The van der Waals surface area contributed by atoms with Crippen LogP contribution in [0.2, 0.25) is 0 Å². The van der Waals surface area contributed by atoms with Gasteiger partial charge in [-0.05, 0) is 49.4 Å². The van der Waals surface area contributed by atoms with E-state index in [1.807, 2.05) is 0 Å². The van der Waals surface area contributed by atoms with Crippen molar-refractivity contribution in [1.82, 2.24) is 0 Å². The first-order valence-corrected chi connectivity index (χ1v) is 34.7. The van der Waals surface area contributed by atoms with Gasteiger partial charge in [-0.2, -0.15) is 0 Å². The normalized spacial score (nSPS) is 14.9. The van der Waals surface area contributed by atoms with Crippen molar-refractivity contribution in [1.29, 1.82) is 0 Å². The molecule has 0 aliphatic heterocycles. The number of carbonyl (C=O) groups excluding carboxylic acids is 4. The summed E-state index contributed by atoms with van der Waals surface area (Å²) in [4.78, 5) is 72.0. The number of hydrogen-bond donors (Lipinski definition) is 3. The molecule has 0 spiro atoms. The van der Waals surface area contributed by atoms with E-state index in [-0.39, 0.29) is 25.7 Å². The summed E-state index contributed by atoms with van der Waals surface area (Å²) >= 11 is 0. The Kier molecular flexibility index (Phi) is 50.2. The third-order valence-corrected chi connectivity index (χ3v) is 16.1. The second kappa shape index (κ2) is 51.5. The predicted molar refractivity (Wildman–Crippen MR) is 317 cm³/mol. The van der Waals surface area contributed by atoms with Gasteiger partial charge in [-0.3, -0.25) is 37.3 Å². The van der Waals surface area contributed by atoms with E-state index in [2.05, 4.69) is 55.4 Å². The molecule has 3 unspecified atom stereocenters. The predicted octanol–water partition coefficient (Wildman–Crippen LogP) is 16.2. The summed E-state index contributed by atoms with van der Waals surface area (Å²) in [6, 6.07) is 0. The van der Waals surface area contributed by atoms with Crippen LogP contribution in [0.1, 0.15) is 287 Å². The van der Waals surface area contributed by atoms with Gasteiger partial charge in [0, 0.05) is 25.7 Å². The number of hydrogen-bond acceptors (Lipinski definition) is 15. The van der Waals surface area contributed by atoms with Crippen LogP contribution in [0.3, 0.4) is 0 Å². The Morgan fingerprint density at radius 1 is 0.350 bits per heavy atom. The van der Waals surface area contributed by atoms with Gasteiger partial charge in [0.15, 0.2) is 12.2 Å². The Morgan fingerprint density at radius 3 is 0.887 bits per heavy atom. The van der Waals surface area contributed by atoms with Crippen LogP contribution in [-0.2, 0) is 65.4 Å². The minimum atomic E-state index is -4.94. The average Bonchev–Trinajstić information content (AvgIpc) is 3.40. The summed E-state index contributed by atoms with van der Waals surface area (Å²) in [5.74, 6) is 0.673. The molecule has 0 saturated carbocycles. The molecule has 0 rings (SSSR count). The van der Waals surface area contributed by atoms with E-state index in [9.17, 15) is 43.2 Å². The van der Waals surface area contributed by atoms with Crippen LogP contribution in [0.4, 0.5) is 0 Å². The summed E-state index contributed by atoms with van der Waals surface area (Å²) in [6.07, 6.45) is 29.7. The summed E-state index contributed by atoms with van der Waals surface area (Å²) in [7, 11) is -9.88. The highest BCUT2D eigenvalue weighted by atomic mass is 31.2. The Labute approximate surface area is 486 Å². The van der Waals surface area contributed by atoms with Crippen molar-refractivity contribution in [3.63, 3.8) is 0 Å². The van der Waals surface area contributed by atoms with Crippen LogP contribution < -0.4 is 0 Å². The minimum absolute atomic E-state index is 0.101. The second-order valence-corrected chi connectivity index (χ2v) is 26.7. The maximum absolute atomic E-state index is 12.9. The molecule has 0 amide bonds. The van der Waals surface area contributed by atoms with Gasteiger partial charge in [0.25, 0.3) is 0 Å². The molecular weight excluding hydrogens is 1070 g/mol. The Balaban J connectivity index is 5.25. The van der Waals surface area contributed by atoms with Crippen LogP contribution >= 0.6 is 15.6 Å². The quantitative estimate of drug-likeness (QED) is 0.0222. The van der Waals surface area contributed by atoms with E-state index in [1.54, 1.807) is 0 Å². The van der Waals surface area contributed by atoms with E-state index in [1.165, 1.54) is 83.5 Å². The van der Waals surface area contributed by atoms with Gasteiger partial charge in [-0.15, -0.1) is 0 Å². The van der Waals surface area contributed by atoms with Gasteiger partial charge in [-0.25, -0.2) is 9.13 Å². The molecule has 0 saturated heterocycles. The first-order chi connectivity index (χ1) is 38.1. The zero-order valence-corrected chi connectivity index (χ0v) is 53.5. The van der Waals surface area contributed by atoms with E-state index >= 15 is 0 Å². The van der Waals surface area contributed by atoms with Gasteiger partial charge in [0.2, 0.25) is 0 Å². The Hall–Kier alpha value is -1.94. The van der Waals surface area contributed by atoms with Crippen LogP contribution in [0.5, 0.6) is 0 Å². The third-order valence-electron chi connectivity index (χ3n) is 14.2. The second-order valence-electron chi connectivity index (χ2n) is 23.8. The van der Waals surface area contributed by atoms with Crippen LogP contribution in [0, 0.1) is 23.7 Å². The largest absolute Gasteiger partial charge is 0.472 e. The lowest BCUT2D eigenvalue weighted by atomic mass is 10.00. The lowest BCUT2D eigenvalue weighted by molar-refractivity contribution is -0.161.